The first kappa shape index (κ1) is 14.9. The number of fused-ring (bicyclic) bond motifs is 1. The minimum atomic E-state index is -0.466. The van der Waals surface area contributed by atoms with Crippen molar-refractivity contribution in [2.24, 2.45) is 0 Å². The lowest BCUT2D eigenvalue weighted by molar-refractivity contribution is -0.384. The van der Waals surface area contributed by atoms with Gasteiger partial charge in [0, 0.05) is 30.8 Å². The molecular formula is C15H17N3O3. The zero-order valence-corrected chi connectivity index (χ0v) is 12.0. The number of pyridine rings is 1. The second kappa shape index (κ2) is 6.30. The molecule has 1 N–H and O–H groups in total. The lowest BCUT2D eigenvalue weighted by atomic mass is 9.98. The Morgan fingerprint density at radius 1 is 1.43 bits per heavy atom. The highest BCUT2D eigenvalue weighted by molar-refractivity contribution is 6.07. The van der Waals surface area contributed by atoms with Crippen molar-refractivity contribution in [2.75, 3.05) is 7.05 Å². The van der Waals surface area contributed by atoms with Crippen molar-refractivity contribution < 1.29 is 9.72 Å². The first-order valence-electron chi connectivity index (χ1n) is 6.86. The molecule has 0 radical (unpaired) electrons. The molecule has 0 aliphatic carbocycles. The van der Waals surface area contributed by atoms with Crippen LogP contribution in [0.3, 0.4) is 0 Å². The number of rotatable bonds is 5. The topological polar surface area (TPSA) is 85.1 Å². The molecule has 0 atom stereocenters. The van der Waals surface area contributed by atoms with E-state index in [4.69, 9.17) is 0 Å². The number of amides is 1. The van der Waals surface area contributed by atoms with Gasteiger partial charge in [0.25, 0.3) is 11.6 Å². The normalized spacial score (nSPS) is 10.6. The van der Waals surface area contributed by atoms with E-state index >= 15 is 0 Å². The molecule has 0 unspecified atom stereocenters. The highest BCUT2D eigenvalue weighted by Gasteiger charge is 2.17. The van der Waals surface area contributed by atoms with E-state index in [1.165, 1.54) is 12.1 Å². The van der Waals surface area contributed by atoms with Gasteiger partial charge in [-0.1, -0.05) is 13.3 Å². The molecular weight excluding hydrogens is 270 g/mol. The SMILES string of the molecule is CCCCc1cnc2ccc([N+](=O)[O-])cc2c1C(=O)NC. The quantitative estimate of drug-likeness (QED) is 0.676. The Hall–Kier alpha value is -2.50. The van der Waals surface area contributed by atoms with E-state index in [0.717, 1.165) is 24.8 Å². The minimum Gasteiger partial charge on any atom is -0.355 e. The van der Waals surface area contributed by atoms with Crippen LogP contribution < -0.4 is 5.32 Å². The van der Waals surface area contributed by atoms with Crippen LogP contribution in [0.4, 0.5) is 5.69 Å². The molecule has 0 aliphatic heterocycles. The molecule has 2 aromatic rings. The Balaban J connectivity index is 2.68. The average Bonchev–Trinajstić information content (AvgIpc) is 2.50. The van der Waals surface area contributed by atoms with Gasteiger partial charge in [-0.2, -0.15) is 0 Å². The largest absolute Gasteiger partial charge is 0.355 e. The molecule has 0 saturated carbocycles. The van der Waals surface area contributed by atoms with Crippen LogP contribution in [0.25, 0.3) is 10.9 Å². The zero-order chi connectivity index (χ0) is 15.4. The molecule has 1 aromatic heterocycles. The summed E-state index contributed by atoms with van der Waals surface area (Å²) < 4.78 is 0. The molecule has 1 aromatic carbocycles. The van der Waals surface area contributed by atoms with Crippen LogP contribution >= 0.6 is 0 Å². The fraction of sp³-hybridized carbons (Fsp3) is 0.333. The number of hydrogen-bond acceptors (Lipinski definition) is 4. The number of benzene rings is 1. The van der Waals surface area contributed by atoms with Gasteiger partial charge < -0.3 is 5.32 Å². The van der Waals surface area contributed by atoms with Crippen LogP contribution in [0.1, 0.15) is 35.7 Å². The molecule has 0 bridgehead atoms. The molecule has 21 heavy (non-hydrogen) atoms. The van der Waals surface area contributed by atoms with Crippen molar-refractivity contribution in [2.45, 2.75) is 26.2 Å². The van der Waals surface area contributed by atoms with Crippen LogP contribution in [-0.4, -0.2) is 22.9 Å². The highest BCUT2D eigenvalue weighted by atomic mass is 16.6. The molecule has 110 valence electrons. The van der Waals surface area contributed by atoms with Crippen molar-refractivity contribution in [1.82, 2.24) is 10.3 Å². The van der Waals surface area contributed by atoms with E-state index in [9.17, 15) is 14.9 Å². The summed E-state index contributed by atoms with van der Waals surface area (Å²) in [5.41, 5.74) is 1.85. The molecule has 0 aliphatic rings. The predicted molar refractivity (Wildman–Crippen MR) is 80.4 cm³/mol. The lowest BCUT2D eigenvalue weighted by Gasteiger charge is -2.11. The molecule has 6 heteroatoms. The monoisotopic (exact) mass is 287 g/mol. The molecule has 0 fully saturated rings. The third kappa shape index (κ3) is 2.99. The Morgan fingerprint density at radius 3 is 2.81 bits per heavy atom. The van der Waals surface area contributed by atoms with Gasteiger partial charge in [0.2, 0.25) is 0 Å². The van der Waals surface area contributed by atoms with Gasteiger partial charge >= 0.3 is 0 Å². The van der Waals surface area contributed by atoms with Crippen LogP contribution in [-0.2, 0) is 6.42 Å². The van der Waals surface area contributed by atoms with Gasteiger partial charge in [-0.15, -0.1) is 0 Å². The standard InChI is InChI=1S/C15H17N3O3/c1-3-4-5-10-9-17-13-7-6-11(18(20)21)8-12(13)14(10)15(19)16-2/h6-9H,3-5H2,1-2H3,(H,16,19). The first-order valence-corrected chi connectivity index (χ1v) is 6.86. The van der Waals surface area contributed by atoms with Crippen molar-refractivity contribution >= 4 is 22.5 Å². The number of unbranched alkanes of at least 4 members (excludes halogenated alkanes) is 1. The molecule has 2 rings (SSSR count). The number of nitro groups is 1. The number of nitro benzene ring substituents is 1. The Kier molecular flexibility index (Phi) is 4.47. The van der Waals surface area contributed by atoms with Gasteiger partial charge in [-0.3, -0.25) is 19.9 Å². The van der Waals surface area contributed by atoms with Gasteiger partial charge in [0.05, 0.1) is 16.0 Å². The fourth-order valence-corrected chi connectivity index (χ4v) is 2.29. The summed E-state index contributed by atoms with van der Waals surface area (Å²) in [6.07, 6.45) is 4.35. The Labute approximate surface area is 122 Å². The summed E-state index contributed by atoms with van der Waals surface area (Å²) in [4.78, 5) is 27.0. The Bertz CT molecular complexity index is 698. The fourth-order valence-electron chi connectivity index (χ4n) is 2.29. The number of aromatic nitrogens is 1. The third-order valence-corrected chi connectivity index (χ3v) is 3.39. The number of aryl methyl sites for hydroxylation is 1. The van der Waals surface area contributed by atoms with E-state index in [1.807, 2.05) is 0 Å². The summed E-state index contributed by atoms with van der Waals surface area (Å²) >= 11 is 0. The summed E-state index contributed by atoms with van der Waals surface area (Å²) in [6, 6.07) is 4.39. The van der Waals surface area contributed by atoms with Gasteiger partial charge in [0.1, 0.15) is 0 Å². The average molecular weight is 287 g/mol. The molecule has 1 amide bonds. The summed E-state index contributed by atoms with van der Waals surface area (Å²) in [6.45, 7) is 2.07. The summed E-state index contributed by atoms with van der Waals surface area (Å²) in [5, 5.41) is 14.1. The number of nitrogens with zero attached hydrogens (tertiary/aromatic N) is 2. The third-order valence-electron chi connectivity index (χ3n) is 3.39. The van der Waals surface area contributed by atoms with Crippen molar-refractivity contribution in [3.8, 4) is 0 Å². The van der Waals surface area contributed by atoms with E-state index in [1.54, 1.807) is 19.3 Å². The van der Waals surface area contributed by atoms with Gasteiger partial charge in [-0.05, 0) is 24.5 Å². The smallest absolute Gasteiger partial charge is 0.270 e. The van der Waals surface area contributed by atoms with Crippen LogP contribution in [0.5, 0.6) is 0 Å². The molecule has 0 saturated heterocycles. The Morgan fingerprint density at radius 2 is 2.19 bits per heavy atom. The number of carbonyl (C=O) groups is 1. The predicted octanol–water partition coefficient (Wildman–Crippen LogP) is 2.85. The maximum Gasteiger partial charge on any atom is 0.270 e. The van der Waals surface area contributed by atoms with Crippen LogP contribution in [0, 0.1) is 10.1 Å². The first-order chi connectivity index (χ1) is 10.1. The van der Waals surface area contributed by atoms with Crippen molar-refractivity contribution in [1.29, 1.82) is 0 Å². The zero-order valence-electron chi connectivity index (χ0n) is 12.0. The summed E-state index contributed by atoms with van der Waals surface area (Å²) in [7, 11) is 1.55. The molecule has 1 heterocycles. The minimum absolute atomic E-state index is 0.0397. The van der Waals surface area contributed by atoms with E-state index in [-0.39, 0.29) is 11.6 Å². The van der Waals surface area contributed by atoms with E-state index in [0.29, 0.717) is 16.5 Å². The summed E-state index contributed by atoms with van der Waals surface area (Å²) in [5.74, 6) is -0.242. The molecule has 6 nitrogen and oxygen atoms in total. The molecule has 0 spiro atoms. The van der Waals surface area contributed by atoms with Crippen LogP contribution in [0.15, 0.2) is 24.4 Å². The number of nitrogens with one attached hydrogen (secondary N) is 1. The second-order valence-electron chi connectivity index (χ2n) is 4.80. The maximum absolute atomic E-state index is 12.2. The van der Waals surface area contributed by atoms with Crippen molar-refractivity contribution in [3.05, 3.63) is 45.6 Å². The van der Waals surface area contributed by atoms with Crippen molar-refractivity contribution in [3.63, 3.8) is 0 Å². The van der Waals surface area contributed by atoms with E-state index < -0.39 is 4.92 Å². The van der Waals surface area contributed by atoms with Gasteiger partial charge in [0.15, 0.2) is 0 Å². The number of non-ortho nitro benzene ring substituents is 1. The van der Waals surface area contributed by atoms with Crippen LogP contribution in [0.2, 0.25) is 0 Å². The van der Waals surface area contributed by atoms with E-state index in [2.05, 4.69) is 17.2 Å². The number of carbonyl (C=O) groups excluding carboxylic acids is 1. The lowest BCUT2D eigenvalue weighted by Crippen LogP contribution is -2.20. The number of hydrogen-bond donors (Lipinski definition) is 1. The highest BCUT2D eigenvalue weighted by Crippen LogP contribution is 2.26. The second-order valence-corrected chi connectivity index (χ2v) is 4.80. The van der Waals surface area contributed by atoms with Gasteiger partial charge in [-0.25, -0.2) is 0 Å². The maximum atomic E-state index is 12.2.